The van der Waals surface area contributed by atoms with Crippen molar-refractivity contribution in [2.24, 2.45) is 5.92 Å². The zero-order chi connectivity index (χ0) is 17.0. The van der Waals surface area contributed by atoms with Crippen LogP contribution in [-0.4, -0.2) is 47.7 Å². The molecule has 0 saturated heterocycles. The van der Waals surface area contributed by atoms with Crippen molar-refractivity contribution in [2.45, 2.75) is 26.3 Å². The number of amides is 1. The minimum atomic E-state index is -0.239. The molecule has 0 aliphatic heterocycles. The fourth-order valence-corrected chi connectivity index (χ4v) is 2.75. The van der Waals surface area contributed by atoms with Crippen molar-refractivity contribution in [3.8, 4) is 0 Å². The molecule has 124 valence electrons. The van der Waals surface area contributed by atoms with Crippen molar-refractivity contribution in [1.82, 2.24) is 20.4 Å². The number of hydrogen-bond donors (Lipinski definition) is 2. The molecule has 6 nitrogen and oxygen atoms in total. The van der Waals surface area contributed by atoms with E-state index in [0.717, 1.165) is 5.39 Å². The van der Waals surface area contributed by atoms with E-state index in [1.165, 1.54) is 0 Å². The van der Waals surface area contributed by atoms with Crippen LogP contribution in [0.1, 0.15) is 19.5 Å². The van der Waals surface area contributed by atoms with Crippen LogP contribution in [-0.2, 0) is 11.2 Å². The quantitative estimate of drug-likeness (QED) is 0.838. The highest BCUT2D eigenvalue weighted by Gasteiger charge is 2.17. The summed E-state index contributed by atoms with van der Waals surface area (Å²) >= 11 is 0. The second-order valence-corrected chi connectivity index (χ2v) is 6.30. The maximum absolute atomic E-state index is 12.2. The molecule has 1 amide bonds. The summed E-state index contributed by atoms with van der Waals surface area (Å²) in [5.41, 5.74) is 0.348. The van der Waals surface area contributed by atoms with Gasteiger partial charge in [0.05, 0.1) is 17.5 Å². The third-order valence-corrected chi connectivity index (χ3v) is 4.04. The van der Waals surface area contributed by atoms with E-state index >= 15 is 0 Å². The van der Waals surface area contributed by atoms with Crippen molar-refractivity contribution < 1.29 is 4.79 Å². The molecular weight excluding hydrogens is 292 g/mol. The van der Waals surface area contributed by atoms with Crippen LogP contribution in [0.25, 0.3) is 10.8 Å². The van der Waals surface area contributed by atoms with E-state index in [2.05, 4.69) is 34.3 Å². The third kappa shape index (κ3) is 4.16. The summed E-state index contributed by atoms with van der Waals surface area (Å²) < 4.78 is 0. The summed E-state index contributed by atoms with van der Waals surface area (Å²) in [6.45, 7) is 4.85. The predicted molar refractivity (Wildman–Crippen MR) is 91.4 cm³/mol. The predicted octanol–water partition coefficient (Wildman–Crippen LogP) is 1.17. The van der Waals surface area contributed by atoms with E-state index in [0.29, 0.717) is 23.5 Å². The highest BCUT2D eigenvalue weighted by atomic mass is 16.1. The number of fused-ring (bicyclic) bond motifs is 1. The first kappa shape index (κ1) is 17.1. The van der Waals surface area contributed by atoms with Gasteiger partial charge in [0, 0.05) is 18.0 Å². The molecule has 2 rings (SSSR count). The lowest BCUT2D eigenvalue weighted by atomic mass is 10.0. The number of benzene rings is 1. The van der Waals surface area contributed by atoms with Crippen molar-refractivity contribution in [2.75, 3.05) is 20.6 Å². The van der Waals surface area contributed by atoms with Crippen molar-refractivity contribution >= 4 is 16.7 Å². The van der Waals surface area contributed by atoms with Gasteiger partial charge in [-0.15, -0.1) is 0 Å². The molecule has 0 unspecified atom stereocenters. The first-order valence-corrected chi connectivity index (χ1v) is 7.79. The van der Waals surface area contributed by atoms with Gasteiger partial charge in [-0.2, -0.15) is 5.10 Å². The zero-order valence-electron chi connectivity index (χ0n) is 14.1. The molecule has 1 aromatic heterocycles. The standard InChI is InChI=1S/C17H24N4O2/c1-11(2)15(21(3)4)10-18-16(22)9-14-12-7-5-6-8-13(12)17(23)20-19-14/h5-8,11,15H,9-10H2,1-4H3,(H,18,22)(H,20,23)/t15-/m1/s1. The van der Waals surface area contributed by atoms with E-state index in [1.807, 2.05) is 26.2 Å². The molecule has 0 spiro atoms. The molecular formula is C17H24N4O2. The first-order valence-electron chi connectivity index (χ1n) is 7.79. The Balaban J connectivity index is 2.09. The van der Waals surface area contributed by atoms with Gasteiger partial charge in [-0.3, -0.25) is 9.59 Å². The third-order valence-electron chi connectivity index (χ3n) is 4.04. The van der Waals surface area contributed by atoms with Gasteiger partial charge in [-0.05, 0) is 26.1 Å². The summed E-state index contributed by atoms with van der Waals surface area (Å²) in [4.78, 5) is 26.1. The van der Waals surface area contributed by atoms with E-state index in [-0.39, 0.29) is 23.9 Å². The van der Waals surface area contributed by atoms with E-state index in [9.17, 15) is 9.59 Å². The molecule has 0 saturated carbocycles. The number of carbonyl (C=O) groups excluding carboxylic acids is 1. The number of nitrogens with zero attached hydrogens (tertiary/aromatic N) is 2. The number of aromatic nitrogens is 2. The van der Waals surface area contributed by atoms with Crippen LogP contribution < -0.4 is 10.9 Å². The van der Waals surface area contributed by atoms with Gasteiger partial charge in [-0.1, -0.05) is 32.0 Å². The lowest BCUT2D eigenvalue weighted by molar-refractivity contribution is -0.120. The molecule has 2 aromatic rings. The Kier molecular flexibility index (Phi) is 5.50. The fraction of sp³-hybridized carbons (Fsp3) is 0.471. The van der Waals surface area contributed by atoms with Gasteiger partial charge in [0.15, 0.2) is 0 Å². The van der Waals surface area contributed by atoms with E-state index in [1.54, 1.807) is 12.1 Å². The SMILES string of the molecule is CC(C)[C@@H](CNC(=O)Cc1n[nH]c(=O)c2ccccc12)N(C)C. The number of nitrogens with one attached hydrogen (secondary N) is 2. The van der Waals surface area contributed by atoms with E-state index in [4.69, 9.17) is 0 Å². The Morgan fingerprint density at radius 1 is 1.26 bits per heavy atom. The molecule has 1 atom stereocenters. The summed E-state index contributed by atoms with van der Waals surface area (Å²) in [7, 11) is 4.02. The van der Waals surface area contributed by atoms with Crippen LogP contribution in [0.5, 0.6) is 0 Å². The number of hydrogen-bond acceptors (Lipinski definition) is 4. The van der Waals surface area contributed by atoms with Crippen LogP contribution in [0.3, 0.4) is 0 Å². The Morgan fingerprint density at radius 2 is 1.91 bits per heavy atom. The van der Waals surface area contributed by atoms with Crippen LogP contribution in [0, 0.1) is 5.92 Å². The lowest BCUT2D eigenvalue weighted by Crippen LogP contribution is -2.43. The van der Waals surface area contributed by atoms with Gasteiger partial charge in [0.25, 0.3) is 5.56 Å². The second kappa shape index (κ2) is 7.37. The molecule has 1 heterocycles. The van der Waals surface area contributed by atoms with Crippen LogP contribution in [0.2, 0.25) is 0 Å². The van der Waals surface area contributed by atoms with Gasteiger partial charge in [0.2, 0.25) is 5.91 Å². The summed E-state index contributed by atoms with van der Waals surface area (Å²) in [5, 5.41) is 10.7. The number of carbonyl (C=O) groups is 1. The van der Waals surface area contributed by atoms with Gasteiger partial charge >= 0.3 is 0 Å². The minimum Gasteiger partial charge on any atom is -0.354 e. The number of H-pyrrole nitrogens is 1. The monoisotopic (exact) mass is 316 g/mol. The Labute approximate surface area is 135 Å². The molecule has 0 aliphatic rings. The zero-order valence-corrected chi connectivity index (χ0v) is 14.1. The Bertz CT molecular complexity index is 729. The topological polar surface area (TPSA) is 78.1 Å². The highest BCUT2D eigenvalue weighted by Crippen LogP contribution is 2.13. The summed E-state index contributed by atoms with van der Waals surface area (Å²) in [6, 6.07) is 7.46. The normalized spacial score (nSPS) is 12.8. The second-order valence-electron chi connectivity index (χ2n) is 6.30. The molecule has 0 radical (unpaired) electrons. The van der Waals surface area contributed by atoms with Gasteiger partial charge < -0.3 is 10.2 Å². The molecule has 1 aromatic carbocycles. The maximum atomic E-state index is 12.2. The van der Waals surface area contributed by atoms with Gasteiger partial charge in [-0.25, -0.2) is 5.10 Å². The molecule has 6 heteroatoms. The van der Waals surface area contributed by atoms with Crippen molar-refractivity contribution in [3.63, 3.8) is 0 Å². The maximum Gasteiger partial charge on any atom is 0.272 e. The summed E-state index contributed by atoms with van der Waals surface area (Å²) in [6.07, 6.45) is 0.148. The van der Waals surface area contributed by atoms with Gasteiger partial charge in [0.1, 0.15) is 0 Å². The smallest absolute Gasteiger partial charge is 0.272 e. The van der Waals surface area contributed by atoms with Crippen LogP contribution in [0.15, 0.2) is 29.1 Å². The largest absolute Gasteiger partial charge is 0.354 e. The van der Waals surface area contributed by atoms with Crippen LogP contribution >= 0.6 is 0 Å². The minimum absolute atomic E-state index is 0.0952. The van der Waals surface area contributed by atoms with Crippen molar-refractivity contribution in [1.29, 1.82) is 0 Å². The molecule has 0 bridgehead atoms. The first-order chi connectivity index (χ1) is 10.9. The van der Waals surface area contributed by atoms with E-state index < -0.39 is 0 Å². The fourth-order valence-electron chi connectivity index (χ4n) is 2.75. The lowest BCUT2D eigenvalue weighted by Gasteiger charge is -2.28. The molecule has 2 N–H and O–H groups in total. The molecule has 0 fully saturated rings. The average molecular weight is 316 g/mol. The number of rotatable bonds is 6. The average Bonchev–Trinajstić information content (AvgIpc) is 2.50. The Morgan fingerprint density at radius 3 is 2.52 bits per heavy atom. The van der Waals surface area contributed by atoms with Crippen molar-refractivity contribution in [3.05, 3.63) is 40.3 Å². The summed E-state index contributed by atoms with van der Waals surface area (Å²) in [5.74, 6) is 0.347. The molecule has 23 heavy (non-hydrogen) atoms. The number of likely N-dealkylation sites (N-methyl/N-ethyl adjacent to an activating group) is 1. The van der Waals surface area contributed by atoms with Crippen LogP contribution in [0.4, 0.5) is 0 Å². The highest BCUT2D eigenvalue weighted by molar-refractivity contribution is 5.88. The number of aromatic amines is 1. The molecule has 0 aliphatic carbocycles. The Hall–Kier alpha value is -2.21.